The molecule has 0 spiro atoms. The maximum absolute atomic E-state index is 12.8. The maximum Gasteiger partial charge on any atom is 0.344 e. The van der Waals surface area contributed by atoms with E-state index in [-0.39, 0.29) is 25.1 Å². The number of ether oxygens (including phenoxy) is 4. The van der Waals surface area contributed by atoms with E-state index in [9.17, 15) is 9.59 Å². The zero-order valence-corrected chi connectivity index (χ0v) is 20.0. The number of fused-ring (bicyclic) bond motifs is 2. The molecule has 2 aliphatic rings. The first kappa shape index (κ1) is 23.0. The quantitative estimate of drug-likeness (QED) is 0.358. The standard InChI is InChI=1S/C28H29NO6/c1-18-12-24(19(2)29(18)14-23-15-33-26-8-3-4-9-27(26)35-23)25(30)16-34-28(31)17-32-22-11-10-20-6-5-7-21(20)13-22/h3-4,8-13,23H,5-7,14-17H2,1-2H3/t23-/m1/s1. The minimum Gasteiger partial charge on any atom is -0.486 e. The van der Waals surface area contributed by atoms with Gasteiger partial charge >= 0.3 is 5.97 Å². The molecule has 0 saturated heterocycles. The van der Waals surface area contributed by atoms with Gasteiger partial charge in [0, 0.05) is 17.0 Å². The summed E-state index contributed by atoms with van der Waals surface area (Å²) < 4.78 is 24.7. The van der Waals surface area contributed by atoms with Crippen molar-refractivity contribution < 1.29 is 28.5 Å². The van der Waals surface area contributed by atoms with Crippen molar-refractivity contribution in [1.29, 1.82) is 0 Å². The van der Waals surface area contributed by atoms with Crippen LogP contribution >= 0.6 is 0 Å². The average molecular weight is 476 g/mol. The van der Waals surface area contributed by atoms with E-state index in [1.807, 2.05) is 66.9 Å². The molecule has 2 aromatic carbocycles. The lowest BCUT2D eigenvalue weighted by Crippen LogP contribution is -2.33. The molecule has 1 atom stereocenters. The second-order valence-corrected chi connectivity index (χ2v) is 9.05. The molecule has 0 amide bonds. The first-order valence-corrected chi connectivity index (χ1v) is 12.0. The highest BCUT2D eigenvalue weighted by molar-refractivity contribution is 5.99. The Kier molecular flexibility index (Phi) is 6.49. The summed E-state index contributed by atoms with van der Waals surface area (Å²) in [6, 6.07) is 15.3. The van der Waals surface area contributed by atoms with E-state index >= 15 is 0 Å². The van der Waals surface area contributed by atoms with Crippen LogP contribution in [-0.4, -0.2) is 42.2 Å². The second-order valence-electron chi connectivity index (χ2n) is 9.05. The molecule has 0 N–H and O–H groups in total. The molecule has 1 aromatic heterocycles. The summed E-state index contributed by atoms with van der Waals surface area (Å²) in [5, 5.41) is 0. The molecule has 182 valence electrons. The fraction of sp³-hybridized carbons (Fsp3) is 0.357. The summed E-state index contributed by atoms with van der Waals surface area (Å²) in [6.07, 6.45) is 3.11. The number of ketones is 1. The number of benzene rings is 2. The maximum atomic E-state index is 12.8. The first-order chi connectivity index (χ1) is 17.0. The van der Waals surface area contributed by atoms with Gasteiger partial charge < -0.3 is 23.5 Å². The van der Waals surface area contributed by atoms with Crippen LogP contribution in [0.1, 0.15) is 39.3 Å². The van der Waals surface area contributed by atoms with Crippen LogP contribution in [0.25, 0.3) is 0 Å². The topological polar surface area (TPSA) is 76.0 Å². The van der Waals surface area contributed by atoms with Gasteiger partial charge in [0.05, 0.1) is 6.54 Å². The van der Waals surface area contributed by atoms with Crippen molar-refractivity contribution in [3.8, 4) is 17.2 Å². The third kappa shape index (κ3) is 5.04. The summed E-state index contributed by atoms with van der Waals surface area (Å²) in [6.45, 7) is 4.25. The average Bonchev–Trinajstić information content (AvgIpc) is 3.45. The van der Waals surface area contributed by atoms with Gasteiger partial charge in [-0.05, 0) is 74.6 Å². The van der Waals surface area contributed by atoms with Gasteiger partial charge in [-0.1, -0.05) is 18.2 Å². The number of carbonyl (C=O) groups is 2. The van der Waals surface area contributed by atoms with Gasteiger partial charge in [0.15, 0.2) is 30.8 Å². The van der Waals surface area contributed by atoms with Crippen molar-refractivity contribution in [1.82, 2.24) is 4.57 Å². The van der Waals surface area contributed by atoms with Crippen LogP contribution in [0, 0.1) is 13.8 Å². The Balaban J connectivity index is 1.14. The number of aromatic nitrogens is 1. The SMILES string of the molecule is Cc1cc(C(=O)COC(=O)COc2ccc3c(c2)CCC3)c(C)n1C[C@@H]1COc2ccccc2O1. The molecule has 1 aliphatic carbocycles. The lowest BCUT2D eigenvalue weighted by atomic mass is 10.1. The first-order valence-electron chi connectivity index (χ1n) is 12.0. The monoisotopic (exact) mass is 475 g/mol. The van der Waals surface area contributed by atoms with Crippen molar-refractivity contribution in [3.05, 3.63) is 76.6 Å². The Morgan fingerprint density at radius 1 is 1.00 bits per heavy atom. The fourth-order valence-corrected chi connectivity index (χ4v) is 4.77. The Bertz CT molecular complexity index is 1260. The molecule has 1 aliphatic heterocycles. The van der Waals surface area contributed by atoms with E-state index in [4.69, 9.17) is 18.9 Å². The molecular weight excluding hydrogens is 446 g/mol. The van der Waals surface area contributed by atoms with Crippen molar-refractivity contribution in [3.63, 3.8) is 0 Å². The minimum atomic E-state index is -0.570. The molecule has 0 bridgehead atoms. The lowest BCUT2D eigenvalue weighted by Gasteiger charge is -2.27. The molecular formula is C28H29NO6. The lowest BCUT2D eigenvalue weighted by molar-refractivity contribution is -0.144. The van der Waals surface area contributed by atoms with E-state index < -0.39 is 5.97 Å². The Hall–Kier alpha value is -3.74. The fourth-order valence-electron chi connectivity index (χ4n) is 4.77. The predicted molar refractivity (Wildman–Crippen MR) is 130 cm³/mol. The summed E-state index contributed by atoms with van der Waals surface area (Å²) in [4.78, 5) is 25.0. The zero-order chi connectivity index (χ0) is 24.4. The molecule has 0 unspecified atom stereocenters. The third-order valence-corrected chi connectivity index (χ3v) is 6.62. The number of carbonyl (C=O) groups excluding carboxylic acids is 2. The van der Waals surface area contributed by atoms with Crippen LogP contribution in [0.15, 0.2) is 48.5 Å². The Morgan fingerprint density at radius 2 is 1.80 bits per heavy atom. The summed E-state index contributed by atoms with van der Waals surface area (Å²) >= 11 is 0. The van der Waals surface area contributed by atoms with Crippen LogP contribution in [0.2, 0.25) is 0 Å². The molecule has 0 saturated carbocycles. The Labute approximate surface area is 204 Å². The molecule has 5 rings (SSSR count). The van der Waals surface area contributed by atoms with Gasteiger partial charge in [-0.15, -0.1) is 0 Å². The molecule has 3 aromatic rings. The number of esters is 1. The summed E-state index contributed by atoms with van der Waals surface area (Å²) in [5.74, 6) is 1.29. The van der Waals surface area contributed by atoms with Gasteiger partial charge in [-0.25, -0.2) is 4.79 Å². The van der Waals surface area contributed by atoms with E-state index in [0.29, 0.717) is 24.5 Å². The van der Waals surface area contributed by atoms with Gasteiger partial charge in [0.25, 0.3) is 0 Å². The van der Waals surface area contributed by atoms with Crippen LogP contribution < -0.4 is 14.2 Å². The predicted octanol–water partition coefficient (Wildman–Crippen LogP) is 4.24. The minimum absolute atomic E-state index is 0.174. The van der Waals surface area contributed by atoms with Crippen molar-refractivity contribution in [2.45, 2.75) is 45.8 Å². The zero-order valence-electron chi connectivity index (χ0n) is 20.0. The van der Waals surface area contributed by atoms with Crippen LogP contribution in [0.3, 0.4) is 0 Å². The van der Waals surface area contributed by atoms with Crippen LogP contribution in [0.4, 0.5) is 0 Å². The third-order valence-electron chi connectivity index (χ3n) is 6.62. The summed E-state index contributed by atoms with van der Waals surface area (Å²) in [7, 11) is 0. The van der Waals surface area contributed by atoms with Gasteiger partial charge in [0.2, 0.25) is 5.78 Å². The van der Waals surface area contributed by atoms with Gasteiger partial charge in [-0.3, -0.25) is 4.79 Å². The van der Waals surface area contributed by atoms with Crippen LogP contribution in [-0.2, 0) is 28.9 Å². The normalized spacial score (nSPS) is 16.0. The van der Waals surface area contributed by atoms with E-state index in [1.165, 1.54) is 11.1 Å². The smallest absolute Gasteiger partial charge is 0.344 e. The molecule has 35 heavy (non-hydrogen) atoms. The highest BCUT2D eigenvalue weighted by Crippen LogP contribution is 2.32. The number of nitrogens with zero attached hydrogens (tertiary/aromatic N) is 1. The number of rotatable bonds is 8. The summed E-state index contributed by atoms with van der Waals surface area (Å²) in [5.41, 5.74) is 4.89. The molecule has 7 heteroatoms. The molecule has 2 heterocycles. The van der Waals surface area contributed by atoms with Crippen LogP contribution in [0.5, 0.6) is 17.2 Å². The molecule has 7 nitrogen and oxygen atoms in total. The number of para-hydroxylation sites is 2. The molecule has 0 fully saturated rings. The van der Waals surface area contributed by atoms with E-state index in [1.54, 1.807) is 0 Å². The number of Topliss-reactive ketones (excluding diaryl/α,β-unsaturated/α-hetero) is 1. The second kappa shape index (κ2) is 9.86. The number of hydrogen-bond donors (Lipinski definition) is 0. The largest absolute Gasteiger partial charge is 0.486 e. The molecule has 0 radical (unpaired) electrons. The van der Waals surface area contributed by atoms with Crippen molar-refractivity contribution in [2.75, 3.05) is 19.8 Å². The van der Waals surface area contributed by atoms with Crippen molar-refractivity contribution >= 4 is 11.8 Å². The van der Waals surface area contributed by atoms with E-state index in [0.717, 1.165) is 42.1 Å². The van der Waals surface area contributed by atoms with Gasteiger partial charge in [0.1, 0.15) is 12.4 Å². The van der Waals surface area contributed by atoms with Crippen molar-refractivity contribution in [2.24, 2.45) is 0 Å². The highest BCUT2D eigenvalue weighted by atomic mass is 16.6. The number of hydrogen-bond acceptors (Lipinski definition) is 6. The Morgan fingerprint density at radius 3 is 2.66 bits per heavy atom. The van der Waals surface area contributed by atoms with Gasteiger partial charge in [-0.2, -0.15) is 0 Å². The number of aryl methyl sites for hydroxylation is 3. The highest BCUT2D eigenvalue weighted by Gasteiger charge is 2.24. The van der Waals surface area contributed by atoms with E-state index in [2.05, 4.69) is 0 Å².